The zero-order chi connectivity index (χ0) is 7.11. The maximum absolute atomic E-state index is 8.09. The van der Waals surface area contributed by atoms with Gasteiger partial charge >= 0.3 is 0 Å². The van der Waals surface area contributed by atoms with Crippen molar-refractivity contribution in [2.45, 2.75) is 0 Å². The van der Waals surface area contributed by atoms with E-state index >= 15 is 0 Å². The molecular formula is C6H11NO2. The van der Waals surface area contributed by atoms with Crippen LogP contribution in [0.1, 0.15) is 0 Å². The van der Waals surface area contributed by atoms with E-state index in [-0.39, 0.29) is 0 Å². The van der Waals surface area contributed by atoms with Gasteiger partial charge in [0.2, 0.25) is 0 Å². The quantitative estimate of drug-likeness (QED) is 0.425. The molecule has 0 bridgehead atoms. The maximum Gasteiger partial charge on any atom is 0.131 e. The number of ether oxygens (including phenoxy) is 1. The molecule has 0 fully saturated rings. The molecule has 0 radical (unpaired) electrons. The first kappa shape index (κ1) is 8.12. The number of hydrogen-bond acceptors (Lipinski definition) is 3. The van der Waals surface area contributed by atoms with Gasteiger partial charge in [0.05, 0.1) is 12.7 Å². The van der Waals surface area contributed by atoms with Crippen molar-refractivity contribution in [3.63, 3.8) is 0 Å². The summed E-state index contributed by atoms with van der Waals surface area (Å²) in [6.07, 6.45) is 1.80. The number of methoxy groups -OCH3 is 1. The Bertz CT molecular complexity index is 114. The van der Waals surface area contributed by atoms with Crippen molar-refractivity contribution in [1.82, 2.24) is 4.90 Å². The van der Waals surface area contributed by atoms with Crippen molar-refractivity contribution in [2.75, 3.05) is 27.3 Å². The zero-order valence-corrected chi connectivity index (χ0v) is 5.72. The number of aliphatic hydroxyl groups excluding tert-OH is 1. The van der Waals surface area contributed by atoms with Gasteiger partial charge in [-0.1, -0.05) is 0 Å². The van der Waals surface area contributed by atoms with E-state index in [1.165, 1.54) is 0 Å². The third-order valence-electron chi connectivity index (χ3n) is 0.872. The normalized spacial score (nSPS) is 7.78. The highest BCUT2D eigenvalue weighted by Gasteiger charge is 1.87. The van der Waals surface area contributed by atoms with Crippen LogP contribution in [0, 0.1) is 12.2 Å². The summed E-state index contributed by atoms with van der Waals surface area (Å²) in [6.45, 7) is 1.34. The number of aliphatic hydroxyl groups is 1. The van der Waals surface area contributed by atoms with E-state index in [0.29, 0.717) is 13.2 Å². The van der Waals surface area contributed by atoms with E-state index in [1.54, 1.807) is 25.2 Å². The summed E-state index contributed by atoms with van der Waals surface area (Å²) in [5.74, 6) is 0. The predicted molar refractivity (Wildman–Crippen MR) is 34.2 cm³/mol. The van der Waals surface area contributed by atoms with E-state index in [4.69, 9.17) is 9.84 Å². The summed E-state index contributed by atoms with van der Waals surface area (Å²) < 4.78 is 4.77. The standard InChI is InChI=1S/C6H11NO2/c1-7(3-5-8)4-6-9-2/h8H,4,6H2,1-2H3. The molecule has 1 N–H and O–H groups in total. The van der Waals surface area contributed by atoms with Crippen molar-refractivity contribution < 1.29 is 9.84 Å². The Balaban J connectivity index is 3.23. The largest absolute Gasteiger partial charge is 0.461 e. The molecule has 0 aromatic heterocycles. The predicted octanol–water partition coefficient (Wildman–Crippen LogP) is -0.144. The van der Waals surface area contributed by atoms with Gasteiger partial charge in [-0.25, -0.2) is 0 Å². The summed E-state index contributed by atoms with van der Waals surface area (Å²) in [6, 6.07) is 2.44. The Labute approximate surface area is 55.2 Å². The fourth-order valence-corrected chi connectivity index (χ4v) is 0.369. The molecule has 3 heteroatoms. The lowest BCUT2D eigenvalue weighted by atomic mass is 10.6. The summed E-state index contributed by atoms with van der Waals surface area (Å²) in [4.78, 5) is 1.66. The van der Waals surface area contributed by atoms with E-state index in [1.807, 2.05) is 0 Å². The third kappa shape index (κ3) is 4.98. The maximum atomic E-state index is 8.09. The molecule has 0 aliphatic heterocycles. The second-order valence-electron chi connectivity index (χ2n) is 1.64. The van der Waals surface area contributed by atoms with Crippen molar-refractivity contribution in [3.05, 3.63) is 0 Å². The van der Waals surface area contributed by atoms with Gasteiger partial charge in [-0.3, -0.25) is 0 Å². The topological polar surface area (TPSA) is 32.7 Å². The molecule has 0 rings (SSSR count). The molecule has 0 heterocycles. The molecule has 0 aromatic carbocycles. The van der Waals surface area contributed by atoms with Gasteiger partial charge in [0.1, 0.15) is 6.11 Å². The molecule has 0 saturated heterocycles. The lowest BCUT2D eigenvalue weighted by Crippen LogP contribution is -2.16. The second-order valence-corrected chi connectivity index (χ2v) is 1.64. The fraction of sp³-hybridized carbons (Fsp3) is 0.667. The molecule has 0 aliphatic rings. The smallest absolute Gasteiger partial charge is 0.131 e. The summed E-state index contributed by atoms with van der Waals surface area (Å²) in [7, 11) is 3.41. The summed E-state index contributed by atoms with van der Waals surface area (Å²) in [5.41, 5.74) is 0. The average Bonchev–Trinajstić information content (AvgIpc) is 1.85. The van der Waals surface area contributed by atoms with Crippen LogP contribution in [0.3, 0.4) is 0 Å². The molecule has 0 aliphatic carbocycles. The van der Waals surface area contributed by atoms with E-state index in [9.17, 15) is 0 Å². The summed E-state index contributed by atoms with van der Waals surface area (Å²) >= 11 is 0. The Morgan fingerprint density at radius 2 is 2.33 bits per heavy atom. The van der Waals surface area contributed by atoms with Gasteiger partial charge in [-0.15, -0.1) is 0 Å². The molecule has 0 unspecified atom stereocenters. The number of hydrogen-bond donors (Lipinski definition) is 1. The molecule has 0 aromatic rings. The number of nitrogens with zero attached hydrogens (tertiary/aromatic N) is 1. The lowest BCUT2D eigenvalue weighted by Gasteiger charge is -2.07. The van der Waals surface area contributed by atoms with Crippen LogP contribution in [0.25, 0.3) is 0 Å². The van der Waals surface area contributed by atoms with Gasteiger partial charge in [0, 0.05) is 20.7 Å². The minimum atomic E-state index is 0.630. The first-order valence-corrected chi connectivity index (χ1v) is 2.66. The van der Waals surface area contributed by atoms with Crippen LogP contribution >= 0.6 is 0 Å². The van der Waals surface area contributed by atoms with Crippen LogP contribution in [0.15, 0.2) is 0 Å². The van der Waals surface area contributed by atoms with Gasteiger partial charge in [0.25, 0.3) is 0 Å². The number of likely N-dealkylation sites (N-methyl/N-ethyl adjacent to an activating group) is 1. The first-order valence-electron chi connectivity index (χ1n) is 2.66. The van der Waals surface area contributed by atoms with Crippen LogP contribution in [0.5, 0.6) is 0 Å². The molecule has 52 valence electrons. The van der Waals surface area contributed by atoms with E-state index in [0.717, 1.165) is 0 Å². The summed E-state index contributed by atoms with van der Waals surface area (Å²) in [5, 5.41) is 8.09. The van der Waals surface area contributed by atoms with Gasteiger partial charge in [-0.05, 0) is 0 Å². The first-order chi connectivity index (χ1) is 4.31. The van der Waals surface area contributed by atoms with Crippen LogP contribution in [-0.4, -0.2) is 37.3 Å². The lowest BCUT2D eigenvalue weighted by molar-refractivity contribution is 0.180. The van der Waals surface area contributed by atoms with Crippen molar-refractivity contribution in [1.29, 1.82) is 0 Å². The minimum absolute atomic E-state index is 0.630. The van der Waals surface area contributed by atoms with Gasteiger partial charge in [0.15, 0.2) is 0 Å². The highest BCUT2D eigenvalue weighted by Crippen LogP contribution is 1.76. The molecule has 9 heavy (non-hydrogen) atoms. The van der Waals surface area contributed by atoms with Crippen LogP contribution in [-0.2, 0) is 4.74 Å². The van der Waals surface area contributed by atoms with Crippen molar-refractivity contribution in [2.24, 2.45) is 0 Å². The van der Waals surface area contributed by atoms with Crippen LogP contribution in [0.4, 0.5) is 0 Å². The van der Waals surface area contributed by atoms with Gasteiger partial charge in [-0.2, -0.15) is 0 Å². The molecule has 0 saturated carbocycles. The second kappa shape index (κ2) is 5.26. The van der Waals surface area contributed by atoms with Crippen molar-refractivity contribution >= 4 is 0 Å². The van der Waals surface area contributed by atoms with Gasteiger partial charge < -0.3 is 14.7 Å². The Morgan fingerprint density at radius 1 is 1.67 bits per heavy atom. The Kier molecular flexibility index (Phi) is 4.75. The van der Waals surface area contributed by atoms with Crippen LogP contribution < -0.4 is 0 Å². The average molecular weight is 129 g/mol. The highest BCUT2D eigenvalue weighted by molar-refractivity contribution is 4.87. The Morgan fingerprint density at radius 3 is 2.78 bits per heavy atom. The monoisotopic (exact) mass is 129 g/mol. The molecule has 0 atom stereocenters. The molecular weight excluding hydrogens is 118 g/mol. The molecule has 0 spiro atoms. The molecule has 0 amide bonds. The minimum Gasteiger partial charge on any atom is -0.461 e. The fourth-order valence-electron chi connectivity index (χ4n) is 0.369. The SMILES string of the molecule is COCCN(C)C#CO. The highest BCUT2D eigenvalue weighted by atomic mass is 16.5. The third-order valence-corrected chi connectivity index (χ3v) is 0.872. The van der Waals surface area contributed by atoms with E-state index < -0.39 is 0 Å². The van der Waals surface area contributed by atoms with E-state index in [2.05, 4.69) is 6.04 Å². The van der Waals surface area contributed by atoms with Crippen molar-refractivity contribution in [3.8, 4) is 12.2 Å². The molecule has 3 nitrogen and oxygen atoms in total. The number of rotatable bonds is 3. The van der Waals surface area contributed by atoms with Crippen LogP contribution in [0.2, 0.25) is 0 Å². The Hall–Kier alpha value is -0.880. The zero-order valence-electron chi connectivity index (χ0n) is 5.72.